The van der Waals surface area contributed by atoms with E-state index in [9.17, 15) is 0 Å². The van der Waals surface area contributed by atoms with E-state index in [-0.39, 0.29) is 3.42 Å². The van der Waals surface area contributed by atoms with E-state index in [2.05, 4.69) is 54.3 Å². The highest BCUT2D eigenvalue weighted by Gasteiger charge is 2.09. The zero-order valence-corrected chi connectivity index (χ0v) is 9.84. The Balaban J connectivity index is 4.04. The molecular weight excluding hydrogens is 258 g/mol. The van der Waals surface area contributed by atoms with Gasteiger partial charge in [-0.3, -0.25) is 0 Å². The molecule has 0 aliphatic heterocycles. The second-order valence-corrected chi connectivity index (χ2v) is 5.24. The monoisotopic (exact) mass is 272 g/mol. The molecule has 0 rings (SSSR count). The fraction of sp³-hybridized carbons (Fsp3) is 0.400. The number of hydrogen-bond acceptors (Lipinski definition) is 0. The summed E-state index contributed by atoms with van der Waals surface area (Å²) >= 11 is 2.38. The fourth-order valence-corrected chi connectivity index (χ4v) is 1.44. The van der Waals surface area contributed by atoms with Crippen LogP contribution in [0.15, 0.2) is 36.4 Å². The standard InChI is InChI=1S/C10H14BI/c1-4-7-10(3,12)8-5-6-9(2)11/h4-5,7-8H,2,6H2,1,3H3/b7-4-,8-5-. The smallest absolute Gasteiger partial charge is 0.107 e. The van der Waals surface area contributed by atoms with Gasteiger partial charge in [0.05, 0.1) is 3.42 Å². The zero-order valence-electron chi connectivity index (χ0n) is 7.68. The van der Waals surface area contributed by atoms with Crippen molar-refractivity contribution in [3.05, 3.63) is 36.4 Å². The zero-order chi connectivity index (χ0) is 9.61. The molecule has 64 valence electrons. The summed E-state index contributed by atoms with van der Waals surface area (Å²) in [5.74, 6) is 0. The SMILES string of the molecule is [B]C(=C)C/C=C\C(C)(I)/C=C\C. The van der Waals surface area contributed by atoms with Crippen LogP contribution in [0, 0.1) is 0 Å². The highest BCUT2D eigenvalue weighted by atomic mass is 127. The highest BCUT2D eigenvalue weighted by molar-refractivity contribution is 14.1. The van der Waals surface area contributed by atoms with Crippen molar-refractivity contribution < 1.29 is 0 Å². The van der Waals surface area contributed by atoms with Gasteiger partial charge in [-0.25, -0.2) is 0 Å². The maximum atomic E-state index is 5.43. The fourth-order valence-electron chi connectivity index (χ4n) is 0.822. The second kappa shape index (κ2) is 5.62. The van der Waals surface area contributed by atoms with Gasteiger partial charge in [-0.05, 0) is 20.3 Å². The molecule has 0 aliphatic rings. The Morgan fingerprint density at radius 1 is 1.58 bits per heavy atom. The molecule has 0 aromatic rings. The normalized spacial score (nSPS) is 16.9. The van der Waals surface area contributed by atoms with E-state index in [1.165, 1.54) is 0 Å². The number of alkyl halides is 1. The lowest BCUT2D eigenvalue weighted by Crippen LogP contribution is -2.05. The van der Waals surface area contributed by atoms with Gasteiger partial charge in [0.1, 0.15) is 7.85 Å². The number of rotatable bonds is 4. The van der Waals surface area contributed by atoms with Crippen LogP contribution in [0.1, 0.15) is 20.3 Å². The molecule has 0 nitrogen and oxygen atoms in total. The van der Waals surface area contributed by atoms with Gasteiger partial charge < -0.3 is 0 Å². The van der Waals surface area contributed by atoms with Crippen LogP contribution in [0.3, 0.4) is 0 Å². The Morgan fingerprint density at radius 3 is 2.58 bits per heavy atom. The molecular formula is C10H14BI. The molecule has 1 unspecified atom stereocenters. The van der Waals surface area contributed by atoms with Crippen molar-refractivity contribution in [1.82, 2.24) is 0 Å². The summed E-state index contributed by atoms with van der Waals surface area (Å²) in [6, 6.07) is 0. The molecule has 0 amide bonds. The van der Waals surface area contributed by atoms with Gasteiger partial charge in [-0.2, -0.15) is 0 Å². The van der Waals surface area contributed by atoms with Crippen LogP contribution in [0.25, 0.3) is 0 Å². The van der Waals surface area contributed by atoms with Crippen LogP contribution in [0.2, 0.25) is 0 Å². The maximum Gasteiger partial charge on any atom is 0.107 e. The third-order valence-corrected chi connectivity index (χ3v) is 2.04. The summed E-state index contributed by atoms with van der Waals surface area (Å²) in [6.07, 6.45) is 9.13. The molecule has 0 aromatic heterocycles. The van der Waals surface area contributed by atoms with Crippen molar-refractivity contribution in [2.45, 2.75) is 23.7 Å². The lowest BCUT2D eigenvalue weighted by Gasteiger charge is -2.11. The summed E-state index contributed by atoms with van der Waals surface area (Å²) < 4.78 is 0.0992. The molecule has 0 aromatic carbocycles. The quantitative estimate of drug-likeness (QED) is 0.318. The molecule has 12 heavy (non-hydrogen) atoms. The molecule has 0 bridgehead atoms. The van der Waals surface area contributed by atoms with Crippen molar-refractivity contribution in [2.75, 3.05) is 0 Å². The maximum absolute atomic E-state index is 5.43. The van der Waals surface area contributed by atoms with Gasteiger partial charge in [-0.1, -0.05) is 46.9 Å². The third kappa shape index (κ3) is 6.71. The minimum atomic E-state index is 0.0992. The van der Waals surface area contributed by atoms with Crippen molar-refractivity contribution in [1.29, 1.82) is 0 Å². The van der Waals surface area contributed by atoms with Crippen LogP contribution in [0.5, 0.6) is 0 Å². The van der Waals surface area contributed by atoms with Crippen LogP contribution >= 0.6 is 22.6 Å². The van der Waals surface area contributed by atoms with Gasteiger partial charge in [0.15, 0.2) is 0 Å². The lowest BCUT2D eigenvalue weighted by molar-refractivity contribution is 1.04. The molecule has 0 aliphatic carbocycles. The van der Waals surface area contributed by atoms with Crippen molar-refractivity contribution in [3.8, 4) is 0 Å². The Kier molecular flexibility index (Phi) is 5.63. The van der Waals surface area contributed by atoms with Crippen molar-refractivity contribution in [3.63, 3.8) is 0 Å². The topological polar surface area (TPSA) is 0 Å². The molecule has 1 atom stereocenters. The van der Waals surface area contributed by atoms with Crippen molar-refractivity contribution in [2.24, 2.45) is 0 Å². The minimum Gasteiger partial charge on any atom is -0.121 e. The number of halogens is 1. The van der Waals surface area contributed by atoms with Crippen LogP contribution in [0.4, 0.5) is 0 Å². The van der Waals surface area contributed by atoms with Crippen molar-refractivity contribution >= 4 is 30.4 Å². The lowest BCUT2D eigenvalue weighted by atomic mass is 9.94. The van der Waals surface area contributed by atoms with Gasteiger partial charge >= 0.3 is 0 Å². The molecule has 0 saturated carbocycles. The van der Waals surface area contributed by atoms with E-state index in [0.29, 0.717) is 5.47 Å². The number of hydrogen-bond donors (Lipinski definition) is 0. The summed E-state index contributed by atoms with van der Waals surface area (Å²) in [7, 11) is 5.43. The van der Waals surface area contributed by atoms with E-state index in [4.69, 9.17) is 7.85 Å². The van der Waals surface area contributed by atoms with Gasteiger partial charge in [0.25, 0.3) is 0 Å². The Morgan fingerprint density at radius 2 is 2.17 bits per heavy atom. The first kappa shape index (κ1) is 12.0. The molecule has 0 spiro atoms. The van der Waals surface area contributed by atoms with Crippen LogP contribution in [-0.4, -0.2) is 11.3 Å². The molecule has 0 heterocycles. The van der Waals surface area contributed by atoms with Gasteiger partial charge in [-0.15, -0.1) is 12.1 Å². The van der Waals surface area contributed by atoms with E-state index >= 15 is 0 Å². The Labute approximate surface area is 90.4 Å². The van der Waals surface area contributed by atoms with E-state index in [0.717, 1.165) is 6.42 Å². The summed E-state index contributed by atoms with van der Waals surface area (Å²) in [6.45, 7) is 7.79. The largest absolute Gasteiger partial charge is 0.121 e. The molecule has 0 N–H and O–H groups in total. The Bertz CT molecular complexity index is 202. The molecule has 0 saturated heterocycles. The van der Waals surface area contributed by atoms with Gasteiger partial charge in [0.2, 0.25) is 0 Å². The van der Waals surface area contributed by atoms with E-state index in [1.807, 2.05) is 13.0 Å². The molecule has 2 heteroatoms. The van der Waals surface area contributed by atoms with Crippen LogP contribution in [-0.2, 0) is 0 Å². The second-order valence-electron chi connectivity index (χ2n) is 2.92. The van der Waals surface area contributed by atoms with Crippen LogP contribution < -0.4 is 0 Å². The van der Waals surface area contributed by atoms with Gasteiger partial charge in [0, 0.05) is 0 Å². The number of allylic oxidation sites excluding steroid dienone is 5. The highest BCUT2D eigenvalue weighted by Crippen LogP contribution is 2.21. The summed E-state index contributed by atoms with van der Waals surface area (Å²) in [5.41, 5.74) is 0.707. The first-order chi connectivity index (χ1) is 5.48. The average molecular weight is 272 g/mol. The summed E-state index contributed by atoms with van der Waals surface area (Å²) in [4.78, 5) is 0. The predicted octanol–water partition coefficient (Wildman–Crippen LogP) is 3.38. The molecule has 0 fully saturated rings. The van der Waals surface area contributed by atoms with E-state index in [1.54, 1.807) is 0 Å². The molecule has 2 radical (unpaired) electrons. The predicted molar refractivity (Wildman–Crippen MR) is 65.9 cm³/mol. The summed E-state index contributed by atoms with van der Waals surface area (Å²) in [5, 5.41) is 0. The average Bonchev–Trinajstić information content (AvgIpc) is 1.85. The third-order valence-electron chi connectivity index (χ3n) is 1.32. The minimum absolute atomic E-state index is 0.0992. The first-order valence-corrected chi connectivity index (χ1v) is 4.99. The first-order valence-electron chi connectivity index (χ1n) is 3.91. The Hall–Kier alpha value is 0.0149. The van der Waals surface area contributed by atoms with E-state index < -0.39 is 0 Å².